The second-order valence-corrected chi connectivity index (χ2v) is 10.2. The van der Waals surface area contributed by atoms with E-state index in [2.05, 4.69) is 6.92 Å². The molecule has 0 aromatic carbocycles. The van der Waals surface area contributed by atoms with Crippen molar-refractivity contribution in [1.82, 2.24) is 0 Å². The van der Waals surface area contributed by atoms with Crippen LogP contribution in [0.5, 0.6) is 0 Å². The number of allylic oxidation sites excluding steroid dienone is 2. The van der Waals surface area contributed by atoms with E-state index in [0.717, 1.165) is 0 Å². The highest BCUT2D eigenvalue weighted by Crippen LogP contribution is 2.73. The number of Topliss-reactive ketones (excluding diaryl/α,β-unsaturated/α-hetero) is 1. The molecule has 8 atom stereocenters. The lowest BCUT2D eigenvalue weighted by Gasteiger charge is -2.68. The number of aliphatic hydroxyl groups is 1. The van der Waals surface area contributed by atoms with Gasteiger partial charge in [0, 0.05) is 40.7 Å². The zero-order valence-corrected chi connectivity index (χ0v) is 19.7. The average Bonchev–Trinajstić information content (AvgIpc) is 2.85. The van der Waals surface area contributed by atoms with Crippen molar-refractivity contribution in [3.05, 3.63) is 23.3 Å². The van der Waals surface area contributed by atoms with Crippen LogP contribution in [0.15, 0.2) is 23.3 Å². The smallest absolute Gasteiger partial charge is 0.333 e. The number of ketones is 1. The minimum Gasteiger partial charge on any atom is -0.458 e. The van der Waals surface area contributed by atoms with E-state index >= 15 is 0 Å². The van der Waals surface area contributed by atoms with Crippen LogP contribution in [0.2, 0.25) is 0 Å². The summed E-state index contributed by atoms with van der Waals surface area (Å²) >= 11 is 0. The molecular formula is C25H36O6. The molecule has 4 aliphatic rings. The van der Waals surface area contributed by atoms with Crippen LogP contribution >= 0.6 is 0 Å². The molecule has 0 heterocycles. The summed E-state index contributed by atoms with van der Waals surface area (Å²) in [6.45, 7) is 12.7. The third-order valence-corrected chi connectivity index (χ3v) is 8.59. The third-order valence-electron chi connectivity index (χ3n) is 8.59. The van der Waals surface area contributed by atoms with Gasteiger partial charge in [-0.25, -0.2) is 9.59 Å². The minimum absolute atomic E-state index is 0.0996. The van der Waals surface area contributed by atoms with Gasteiger partial charge in [0.05, 0.1) is 6.61 Å². The second-order valence-electron chi connectivity index (χ2n) is 10.2. The number of esters is 2. The molecule has 31 heavy (non-hydrogen) atoms. The van der Waals surface area contributed by atoms with Crippen molar-refractivity contribution in [3.63, 3.8) is 0 Å². The molecular weight excluding hydrogens is 396 g/mol. The van der Waals surface area contributed by atoms with Crippen LogP contribution in [0, 0.1) is 34.5 Å². The molecule has 4 fully saturated rings. The van der Waals surface area contributed by atoms with E-state index in [-0.39, 0.29) is 42.5 Å². The van der Waals surface area contributed by atoms with Crippen molar-refractivity contribution in [2.75, 3.05) is 6.61 Å². The SMILES string of the molecule is C/C=C(/C)C(=O)O[C@@H]1C[C@@H](OC(=O)/C(C)=C\C)[C@]2(C)[C@@H]3[C@@H]([C@H]2C(=O)C[C@H]3C)[C@@]1(C)CO. The van der Waals surface area contributed by atoms with E-state index in [4.69, 9.17) is 9.47 Å². The van der Waals surface area contributed by atoms with Crippen molar-refractivity contribution >= 4 is 17.7 Å². The normalized spacial score (nSPS) is 42.4. The molecule has 0 unspecified atom stereocenters. The highest BCUT2D eigenvalue weighted by atomic mass is 16.6. The van der Waals surface area contributed by atoms with Crippen LogP contribution in [0.1, 0.15) is 61.3 Å². The Morgan fingerprint density at radius 3 is 2.00 bits per heavy atom. The maximum Gasteiger partial charge on any atom is 0.333 e. The van der Waals surface area contributed by atoms with Crippen molar-refractivity contribution in [2.24, 2.45) is 34.5 Å². The number of aliphatic hydroxyl groups excluding tert-OH is 1. The molecule has 1 N–H and O–H groups in total. The summed E-state index contributed by atoms with van der Waals surface area (Å²) in [5.74, 6) is -0.942. The maximum atomic E-state index is 13.2. The molecule has 0 amide bonds. The quantitative estimate of drug-likeness (QED) is 0.527. The number of ether oxygens (including phenoxy) is 2. The minimum atomic E-state index is -0.792. The number of hydrogen-bond acceptors (Lipinski definition) is 6. The van der Waals surface area contributed by atoms with Gasteiger partial charge in [-0.15, -0.1) is 0 Å². The molecule has 4 saturated carbocycles. The topological polar surface area (TPSA) is 89.9 Å². The Hall–Kier alpha value is -1.95. The van der Waals surface area contributed by atoms with E-state index in [1.807, 2.05) is 13.8 Å². The maximum absolute atomic E-state index is 13.2. The van der Waals surface area contributed by atoms with Crippen LogP contribution in [0.3, 0.4) is 0 Å². The fourth-order valence-electron chi connectivity index (χ4n) is 6.54. The Morgan fingerprint density at radius 2 is 1.55 bits per heavy atom. The van der Waals surface area contributed by atoms with Crippen LogP contribution in [-0.4, -0.2) is 41.6 Å². The van der Waals surface area contributed by atoms with Crippen LogP contribution in [0.25, 0.3) is 0 Å². The summed E-state index contributed by atoms with van der Waals surface area (Å²) in [6, 6.07) is 0. The van der Waals surface area contributed by atoms with E-state index in [9.17, 15) is 19.5 Å². The molecule has 4 rings (SSSR count). The van der Waals surface area contributed by atoms with E-state index in [0.29, 0.717) is 17.6 Å². The largest absolute Gasteiger partial charge is 0.458 e. The van der Waals surface area contributed by atoms with Gasteiger partial charge in [0.25, 0.3) is 0 Å². The van der Waals surface area contributed by atoms with Gasteiger partial charge in [-0.2, -0.15) is 0 Å². The summed E-state index contributed by atoms with van der Waals surface area (Å²) in [5, 5.41) is 10.5. The number of rotatable bonds is 5. The Labute approximate surface area is 185 Å². The predicted octanol–water partition coefficient (Wildman–Crippen LogP) is 3.62. The Morgan fingerprint density at radius 1 is 1.03 bits per heavy atom. The van der Waals surface area contributed by atoms with Crippen molar-refractivity contribution in [3.8, 4) is 0 Å². The van der Waals surface area contributed by atoms with Gasteiger partial charge in [0.1, 0.15) is 18.0 Å². The number of carbonyl (C=O) groups is 3. The Balaban J connectivity index is 2.09. The van der Waals surface area contributed by atoms with Crippen molar-refractivity contribution in [2.45, 2.75) is 73.5 Å². The molecule has 0 aromatic rings. The van der Waals surface area contributed by atoms with Gasteiger partial charge < -0.3 is 14.6 Å². The van der Waals surface area contributed by atoms with Crippen LogP contribution < -0.4 is 0 Å². The fourth-order valence-corrected chi connectivity index (χ4v) is 6.54. The number of hydrogen-bond donors (Lipinski definition) is 1. The highest BCUT2D eigenvalue weighted by Gasteiger charge is 2.76. The molecule has 4 bridgehead atoms. The Kier molecular flexibility index (Phi) is 6.27. The van der Waals surface area contributed by atoms with Crippen molar-refractivity contribution < 1.29 is 29.0 Å². The molecule has 6 nitrogen and oxygen atoms in total. The van der Waals surface area contributed by atoms with Gasteiger partial charge >= 0.3 is 11.9 Å². The van der Waals surface area contributed by atoms with Gasteiger partial charge in [0.15, 0.2) is 0 Å². The predicted molar refractivity (Wildman–Crippen MR) is 116 cm³/mol. The van der Waals surface area contributed by atoms with Crippen LogP contribution in [0.4, 0.5) is 0 Å². The molecule has 0 spiro atoms. The second kappa shape index (κ2) is 8.19. The summed E-state index contributed by atoms with van der Waals surface area (Å²) in [4.78, 5) is 38.5. The lowest BCUT2D eigenvalue weighted by molar-refractivity contribution is -0.243. The summed E-state index contributed by atoms with van der Waals surface area (Å²) in [5.41, 5.74) is -0.349. The summed E-state index contributed by atoms with van der Waals surface area (Å²) < 4.78 is 11.9. The third kappa shape index (κ3) is 3.38. The van der Waals surface area contributed by atoms with Gasteiger partial charge in [-0.3, -0.25) is 4.79 Å². The monoisotopic (exact) mass is 432 g/mol. The first kappa shape index (κ1) is 23.7. The lowest BCUT2D eigenvalue weighted by Crippen LogP contribution is -2.71. The molecule has 0 radical (unpaired) electrons. The van der Waals surface area contributed by atoms with Crippen molar-refractivity contribution in [1.29, 1.82) is 0 Å². The van der Waals surface area contributed by atoms with Gasteiger partial charge in [-0.1, -0.05) is 32.9 Å². The number of fused-ring (bicyclic) bond motifs is 3. The Bertz CT molecular complexity index is 841. The van der Waals surface area contributed by atoms with E-state index in [1.165, 1.54) is 0 Å². The van der Waals surface area contributed by atoms with E-state index < -0.39 is 35.0 Å². The van der Waals surface area contributed by atoms with Gasteiger partial charge in [-0.05, 0) is 45.4 Å². The molecule has 6 heteroatoms. The number of carbonyl (C=O) groups excluding carboxylic acids is 3. The molecule has 0 aliphatic heterocycles. The molecule has 4 aliphatic carbocycles. The first-order valence-electron chi connectivity index (χ1n) is 11.3. The lowest BCUT2D eigenvalue weighted by atomic mass is 9.35. The van der Waals surface area contributed by atoms with Crippen LogP contribution in [-0.2, 0) is 23.9 Å². The average molecular weight is 433 g/mol. The van der Waals surface area contributed by atoms with E-state index in [1.54, 1.807) is 39.8 Å². The van der Waals surface area contributed by atoms with Gasteiger partial charge in [0.2, 0.25) is 0 Å². The zero-order chi connectivity index (χ0) is 23.3. The molecule has 0 aromatic heterocycles. The molecule has 0 saturated heterocycles. The first-order valence-corrected chi connectivity index (χ1v) is 11.3. The standard InChI is InChI=1S/C25H36O6/c1-8-13(3)22(28)30-17-11-18(31-23(29)14(4)9-2)25(7)19-15(5)10-16(27)20(25)21(19)24(17,6)12-26/h8-9,15,17-21,26H,10-12H2,1-7H3/b13-8-,14-9-/t15-,17-,18-,19+,20-,21+,24+,25-/m1/s1. The highest BCUT2D eigenvalue weighted by molar-refractivity contribution is 5.89. The summed E-state index contributed by atoms with van der Waals surface area (Å²) in [7, 11) is 0. The first-order chi connectivity index (χ1) is 14.5. The summed E-state index contributed by atoms with van der Waals surface area (Å²) in [6.07, 6.45) is 2.90. The fraction of sp³-hybridized carbons (Fsp3) is 0.720. The molecule has 172 valence electrons. The zero-order valence-electron chi connectivity index (χ0n) is 19.7.